The fourth-order valence-electron chi connectivity index (χ4n) is 4.93. The minimum atomic E-state index is -0.764. The van der Waals surface area contributed by atoms with E-state index in [1.54, 1.807) is 25.3 Å². The largest absolute Gasteiger partial charge is 0.507 e. The van der Waals surface area contributed by atoms with Crippen LogP contribution in [0.4, 0.5) is 0 Å². The number of ether oxygens (including phenoxy) is 3. The molecule has 0 bridgehead atoms. The number of nitrogens with zero attached hydrogens (tertiary/aromatic N) is 1. The van der Waals surface area contributed by atoms with Gasteiger partial charge in [0, 0.05) is 32.2 Å². The number of rotatable bonds is 8. The van der Waals surface area contributed by atoms with Gasteiger partial charge >= 0.3 is 0 Å². The van der Waals surface area contributed by atoms with Gasteiger partial charge in [0.1, 0.15) is 29.1 Å². The topological polar surface area (TPSA) is 85.3 Å². The van der Waals surface area contributed by atoms with Gasteiger partial charge in [-0.05, 0) is 66.9 Å². The van der Waals surface area contributed by atoms with Crippen molar-refractivity contribution >= 4 is 17.4 Å². The summed E-state index contributed by atoms with van der Waals surface area (Å²) in [5.74, 6) is 0.452. The maximum atomic E-state index is 13.3. The third-order valence-electron chi connectivity index (χ3n) is 6.61. The molecule has 37 heavy (non-hydrogen) atoms. The van der Waals surface area contributed by atoms with Crippen LogP contribution in [0.1, 0.15) is 36.1 Å². The van der Waals surface area contributed by atoms with Crippen molar-refractivity contribution in [2.24, 2.45) is 0 Å². The summed E-state index contributed by atoms with van der Waals surface area (Å²) in [7, 11) is 1.59. The van der Waals surface area contributed by atoms with Gasteiger partial charge in [-0.25, -0.2) is 0 Å². The van der Waals surface area contributed by atoms with Crippen molar-refractivity contribution in [1.82, 2.24) is 4.90 Å². The predicted octanol–water partition coefficient (Wildman–Crippen LogP) is 5.26. The van der Waals surface area contributed by atoms with E-state index in [0.717, 1.165) is 11.3 Å². The van der Waals surface area contributed by atoms with Crippen LogP contribution in [-0.2, 0) is 20.7 Å². The highest BCUT2D eigenvalue weighted by atomic mass is 16.5. The number of Topliss-reactive ketones (excluding diaryl/α,β-unsaturated/α-hetero) is 1. The zero-order chi connectivity index (χ0) is 25.9. The van der Waals surface area contributed by atoms with Crippen molar-refractivity contribution in [3.8, 4) is 17.2 Å². The first-order valence-electron chi connectivity index (χ1n) is 12.4. The molecule has 2 atom stereocenters. The van der Waals surface area contributed by atoms with Crippen molar-refractivity contribution in [3.63, 3.8) is 0 Å². The molecule has 0 spiro atoms. The van der Waals surface area contributed by atoms with Gasteiger partial charge in [-0.3, -0.25) is 9.59 Å². The van der Waals surface area contributed by atoms with E-state index in [2.05, 4.69) is 0 Å². The third kappa shape index (κ3) is 4.95. The van der Waals surface area contributed by atoms with Gasteiger partial charge in [0.15, 0.2) is 0 Å². The monoisotopic (exact) mass is 499 g/mol. The Morgan fingerprint density at radius 3 is 2.59 bits per heavy atom. The van der Waals surface area contributed by atoms with Gasteiger partial charge in [-0.15, -0.1) is 0 Å². The van der Waals surface area contributed by atoms with Crippen LogP contribution in [0.5, 0.6) is 17.2 Å². The Morgan fingerprint density at radius 1 is 1.03 bits per heavy atom. The van der Waals surface area contributed by atoms with Crippen molar-refractivity contribution in [2.75, 3.05) is 20.3 Å². The fourth-order valence-corrected chi connectivity index (χ4v) is 4.93. The lowest BCUT2D eigenvalue weighted by Crippen LogP contribution is -2.31. The molecule has 0 aliphatic carbocycles. The summed E-state index contributed by atoms with van der Waals surface area (Å²) in [6, 6.07) is 21.2. The van der Waals surface area contributed by atoms with E-state index in [1.165, 1.54) is 4.90 Å². The second kappa shape index (κ2) is 10.5. The molecule has 7 heteroatoms. The molecule has 2 aliphatic rings. The molecular weight excluding hydrogens is 470 g/mol. The van der Waals surface area contributed by atoms with Crippen molar-refractivity contribution < 1.29 is 28.9 Å². The number of hydrogen-bond acceptors (Lipinski definition) is 6. The SMILES string of the molecule is COCCCN1C(=O)C(=O)C(=C(O)c2ccc3c(c2)CC(C)O3)C1c1cccc(Oc2ccccc2)c1. The minimum absolute atomic E-state index is 0.0473. The Labute approximate surface area is 215 Å². The number of carbonyl (C=O) groups excluding carboxylic acids is 2. The molecule has 2 heterocycles. The summed E-state index contributed by atoms with van der Waals surface area (Å²) in [5, 5.41) is 11.4. The van der Waals surface area contributed by atoms with Crippen LogP contribution in [0.3, 0.4) is 0 Å². The number of benzene rings is 3. The molecule has 3 aromatic rings. The molecule has 2 aliphatic heterocycles. The Morgan fingerprint density at radius 2 is 1.81 bits per heavy atom. The van der Waals surface area contributed by atoms with Crippen LogP contribution in [0.2, 0.25) is 0 Å². The Balaban J connectivity index is 1.57. The van der Waals surface area contributed by atoms with Crippen LogP contribution >= 0.6 is 0 Å². The maximum absolute atomic E-state index is 13.3. The number of para-hydroxylation sites is 1. The third-order valence-corrected chi connectivity index (χ3v) is 6.61. The minimum Gasteiger partial charge on any atom is -0.507 e. The van der Waals surface area contributed by atoms with E-state index in [1.807, 2.05) is 61.5 Å². The molecule has 0 saturated carbocycles. The Bertz CT molecular complexity index is 1350. The smallest absolute Gasteiger partial charge is 0.295 e. The number of aliphatic hydroxyl groups excluding tert-OH is 1. The zero-order valence-electron chi connectivity index (χ0n) is 20.8. The molecule has 2 unspecified atom stereocenters. The number of likely N-dealkylation sites (tertiary alicyclic amines) is 1. The van der Waals surface area contributed by atoms with E-state index < -0.39 is 17.7 Å². The van der Waals surface area contributed by atoms with Gasteiger partial charge in [-0.1, -0.05) is 30.3 Å². The first-order valence-corrected chi connectivity index (χ1v) is 12.4. The van der Waals surface area contributed by atoms with E-state index in [4.69, 9.17) is 14.2 Å². The van der Waals surface area contributed by atoms with Crippen LogP contribution in [0.15, 0.2) is 78.4 Å². The number of fused-ring (bicyclic) bond motifs is 1. The number of carbonyl (C=O) groups is 2. The lowest BCUT2D eigenvalue weighted by atomic mass is 9.94. The number of hydrogen-bond donors (Lipinski definition) is 1. The number of aliphatic hydroxyl groups is 1. The number of amides is 1. The van der Waals surface area contributed by atoms with E-state index >= 15 is 0 Å². The average molecular weight is 500 g/mol. The lowest BCUT2D eigenvalue weighted by molar-refractivity contribution is -0.140. The molecule has 1 saturated heterocycles. The van der Waals surface area contributed by atoms with Gasteiger partial charge < -0.3 is 24.2 Å². The lowest BCUT2D eigenvalue weighted by Gasteiger charge is -2.25. The van der Waals surface area contributed by atoms with E-state index in [0.29, 0.717) is 48.6 Å². The first kappa shape index (κ1) is 24.6. The highest BCUT2D eigenvalue weighted by Gasteiger charge is 2.46. The Hall–Kier alpha value is -4.10. The van der Waals surface area contributed by atoms with Crippen LogP contribution in [0, 0.1) is 0 Å². The molecule has 0 radical (unpaired) electrons. The van der Waals surface area contributed by atoms with E-state index in [9.17, 15) is 14.7 Å². The normalized spacial score (nSPS) is 20.1. The van der Waals surface area contributed by atoms with Gasteiger partial charge in [-0.2, -0.15) is 0 Å². The van der Waals surface area contributed by atoms with E-state index in [-0.39, 0.29) is 17.4 Å². The highest BCUT2D eigenvalue weighted by Crippen LogP contribution is 2.41. The molecule has 0 aromatic heterocycles. The molecule has 3 aromatic carbocycles. The Kier molecular flexibility index (Phi) is 6.97. The molecule has 190 valence electrons. The van der Waals surface area contributed by atoms with Crippen LogP contribution in [0.25, 0.3) is 5.76 Å². The summed E-state index contributed by atoms with van der Waals surface area (Å²) in [4.78, 5) is 28.0. The molecule has 7 nitrogen and oxygen atoms in total. The quantitative estimate of drug-likeness (QED) is 0.197. The van der Waals surface area contributed by atoms with Crippen molar-refractivity contribution in [3.05, 3.63) is 95.1 Å². The fraction of sp³-hybridized carbons (Fsp3) is 0.267. The second-order valence-corrected chi connectivity index (χ2v) is 9.28. The molecule has 5 rings (SSSR count). The zero-order valence-corrected chi connectivity index (χ0v) is 20.8. The predicted molar refractivity (Wildman–Crippen MR) is 139 cm³/mol. The molecule has 1 amide bonds. The van der Waals surface area contributed by atoms with Gasteiger partial charge in [0.25, 0.3) is 11.7 Å². The van der Waals surface area contributed by atoms with Crippen LogP contribution < -0.4 is 9.47 Å². The maximum Gasteiger partial charge on any atom is 0.295 e. The number of ketones is 1. The summed E-state index contributed by atoms with van der Waals surface area (Å²) in [5.41, 5.74) is 2.17. The summed E-state index contributed by atoms with van der Waals surface area (Å²) in [6.07, 6.45) is 1.31. The first-order chi connectivity index (χ1) is 18.0. The summed E-state index contributed by atoms with van der Waals surface area (Å²) in [6.45, 7) is 2.73. The summed E-state index contributed by atoms with van der Waals surface area (Å²) < 4.78 is 17.0. The van der Waals surface area contributed by atoms with Crippen molar-refractivity contribution in [1.29, 1.82) is 0 Å². The summed E-state index contributed by atoms with van der Waals surface area (Å²) >= 11 is 0. The number of methoxy groups -OCH3 is 1. The second-order valence-electron chi connectivity index (χ2n) is 9.28. The molecular formula is C30H29NO6. The standard InChI is InChI=1S/C30H29NO6/c1-19-16-22-17-21(12-13-25(22)36-19)28(32)26-27(31(14-7-15-35-2)30(34)29(26)33)20-8-6-11-24(18-20)37-23-9-4-3-5-10-23/h3-6,8-13,17-19,27,32H,7,14-16H2,1-2H3. The van der Waals surface area contributed by atoms with Gasteiger partial charge in [0.05, 0.1) is 11.6 Å². The highest BCUT2D eigenvalue weighted by molar-refractivity contribution is 6.46. The van der Waals surface area contributed by atoms with Gasteiger partial charge in [0.2, 0.25) is 0 Å². The van der Waals surface area contributed by atoms with Crippen molar-refractivity contribution in [2.45, 2.75) is 31.9 Å². The van der Waals surface area contributed by atoms with Crippen LogP contribution in [-0.4, -0.2) is 48.1 Å². The molecule has 1 fully saturated rings. The average Bonchev–Trinajstić information content (AvgIpc) is 3.40. The molecule has 1 N–H and O–H groups in total.